The number of carbonyl (C=O) groups excluding carboxylic acids is 1. The maximum atomic E-state index is 12.1. The number of alkyl halides is 3. The Labute approximate surface area is 125 Å². The minimum atomic E-state index is -4.84. The lowest BCUT2D eigenvalue weighted by Crippen LogP contribution is -2.65. The molecule has 1 N–H and O–H groups in total. The lowest BCUT2D eigenvalue weighted by Gasteiger charge is -2.48. The molecule has 0 aliphatic carbocycles. The summed E-state index contributed by atoms with van der Waals surface area (Å²) in [5.74, 6) is -1.91. The van der Waals surface area contributed by atoms with E-state index in [4.69, 9.17) is 12.3 Å². The number of halogens is 3. The van der Waals surface area contributed by atoms with Crippen LogP contribution in [0.5, 0.6) is 0 Å². The van der Waals surface area contributed by atoms with Crippen LogP contribution in [0.1, 0.15) is 6.42 Å². The van der Waals surface area contributed by atoms with Gasteiger partial charge < -0.3 is 17.7 Å². The van der Waals surface area contributed by atoms with Crippen molar-refractivity contribution in [2.45, 2.75) is 51.4 Å². The molecule has 0 aromatic rings. The van der Waals surface area contributed by atoms with E-state index in [1.807, 2.05) is 38.1 Å². The van der Waals surface area contributed by atoms with Crippen molar-refractivity contribution in [1.82, 2.24) is 5.32 Å². The largest absolute Gasteiger partial charge is 0.471 e. The van der Waals surface area contributed by atoms with Crippen LogP contribution in [0.3, 0.4) is 0 Å². The summed E-state index contributed by atoms with van der Waals surface area (Å²) in [7, 11) is -6.94. The van der Waals surface area contributed by atoms with Crippen molar-refractivity contribution in [3.8, 4) is 0 Å². The van der Waals surface area contributed by atoms with Gasteiger partial charge in [0, 0.05) is 6.54 Å². The molecule has 1 aliphatic rings. The zero-order valence-corrected chi connectivity index (χ0v) is 15.9. The van der Waals surface area contributed by atoms with E-state index in [9.17, 15) is 18.0 Å². The topological polar surface area (TPSA) is 56.8 Å². The van der Waals surface area contributed by atoms with Crippen LogP contribution in [0.25, 0.3) is 0 Å². The SMILES string of the molecule is C[Si]1(C)O[Si](C)(C)O[Si](C)(CCCNC(=O)C(F)(F)F)O1. The van der Waals surface area contributed by atoms with Crippen molar-refractivity contribution in [2.24, 2.45) is 0 Å². The third-order valence-corrected chi connectivity index (χ3v) is 15.3. The highest BCUT2D eigenvalue weighted by Crippen LogP contribution is 2.33. The van der Waals surface area contributed by atoms with E-state index in [2.05, 4.69) is 0 Å². The van der Waals surface area contributed by atoms with Gasteiger partial charge in [-0.15, -0.1) is 0 Å². The molecule has 1 amide bonds. The summed E-state index contributed by atoms with van der Waals surface area (Å²) in [6.07, 6.45) is -4.45. The molecule has 11 heteroatoms. The van der Waals surface area contributed by atoms with Crippen molar-refractivity contribution in [1.29, 1.82) is 0 Å². The highest BCUT2D eigenvalue weighted by molar-refractivity contribution is 6.92. The number of hydrogen-bond donors (Lipinski definition) is 1. The molecule has 124 valence electrons. The van der Waals surface area contributed by atoms with Gasteiger partial charge in [-0.1, -0.05) is 0 Å². The summed E-state index contributed by atoms with van der Waals surface area (Å²) in [4.78, 5) is 10.7. The molecule has 21 heavy (non-hydrogen) atoms. The van der Waals surface area contributed by atoms with E-state index in [1.54, 1.807) is 0 Å². The van der Waals surface area contributed by atoms with Crippen LogP contribution in [-0.4, -0.2) is 44.3 Å². The first-order chi connectivity index (χ1) is 9.25. The van der Waals surface area contributed by atoms with Crippen molar-refractivity contribution >= 4 is 31.6 Å². The molecule has 1 aliphatic heterocycles. The first kappa shape index (κ1) is 18.8. The number of amides is 1. The van der Waals surface area contributed by atoms with Crippen molar-refractivity contribution < 1.29 is 30.3 Å². The highest BCUT2D eigenvalue weighted by atomic mass is 28.5. The quantitative estimate of drug-likeness (QED) is 0.618. The van der Waals surface area contributed by atoms with Crippen LogP contribution in [0.15, 0.2) is 0 Å². The average molecular weight is 362 g/mol. The molecule has 1 fully saturated rings. The maximum Gasteiger partial charge on any atom is 0.471 e. The summed E-state index contributed by atoms with van der Waals surface area (Å²) in [6.45, 7) is 9.65. The second-order valence-corrected chi connectivity index (χ2v) is 16.9. The fourth-order valence-corrected chi connectivity index (χ4v) is 18.8. The molecule has 0 radical (unpaired) electrons. The Morgan fingerprint density at radius 1 is 1.00 bits per heavy atom. The predicted octanol–water partition coefficient (Wildman–Crippen LogP) is 2.59. The summed E-state index contributed by atoms with van der Waals surface area (Å²) >= 11 is 0. The highest BCUT2D eigenvalue weighted by Gasteiger charge is 2.52. The Hall–Kier alpha value is -0.209. The lowest BCUT2D eigenvalue weighted by molar-refractivity contribution is -0.173. The van der Waals surface area contributed by atoms with E-state index < -0.39 is 37.8 Å². The predicted molar refractivity (Wildman–Crippen MR) is 78.3 cm³/mol. The van der Waals surface area contributed by atoms with E-state index >= 15 is 0 Å². The van der Waals surface area contributed by atoms with Gasteiger partial charge in [0.15, 0.2) is 0 Å². The van der Waals surface area contributed by atoms with Crippen LogP contribution < -0.4 is 5.32 Å². The smallest absolute Gasteiger partial charge is 0.416 e. The van der Waals surface area contributed by atoms with Crippen molar-refractivity contribution in [2.75, 3.05) is 6.54 Å². The molecule has 1 rings (SSSR count). The monoisotopic (exact) mass is 361 g/mol. The molecule has 0 atom stereocenters. The van der Waals surface area contributed by atoms with Gasteiger partial charge in [-0.2, -0.15) is 13.2 Å². The molecule has 0 spiro atoms. The minimum absolute atomic E-state index is 0.0432. The van der Waals surface area contributed by atoms with Gasteiger partial charge in [0.05, 0.1) is 0 Å². The molecular formula is C10H22F3NO4Si3. The maximum absolute atomic E-state index is 12.1. The Bertz CT molecular complexity index is 387. The first-order valence-electron chi connectivity index (χ1n) is 6.70. The van der Waals surface area contributed by atoms with Gasteiger partial charge in [0.25, 0.3) is 0 Å². The lowest BCUT2D eigenvalue weighted by atomic mass is 10.4. The standard InChI is InChI=1S/C10H22F3NO4Si3/c1-19(2)16-20(3,4)18-21(5,17-19)8-6-7-14-9(15)10(11,12)13/h6-8H2,1-5H3,(H,14,15). The van der Waals surface area contributed by atoms with Crippen LogP contribution in [0.2, 0.25) is 38.8 Å². The summed E-state index contributed by atoms with van der Waals surface area (Å²) in [6, 6.07) is 0.529. The van der Waals surface area contributed by atoms with Crippen molar-refractivity contribution in [3.63, 3.8) is 0 Å². The number of nitrogens with one attached hydrogen (secondary N) is 1. The minimum Gasteiger partial charge on any atom is -0.416 e. The van der Waals surface area contributed by atoms with Gasteiger partial charge in [0.2, 0.25) is 0 Å². The van der Waals surface area contributed by atoms with Crippen LogP contribution in [0.4, 0.5) is 13.2 Å². The van der Waals surface area contributed by atoms with Crippen molar-refractivity contribution in [3.05, 3.63) is 0 Å². The molecule has 5 nitrogen and oxygen atoms in total. The molecule has 0 aromatic carbocycles. The second kappa shape index (κ2) is 6.12. The number of hydrogen-bond acceptors (Lipinski definition) is 4. The number of carbonyl (C=O) groups is 1. The Kier molecular flexibility index (Phi) is 5.49. The van der Waals surface area contributed by atoms with E-state index in [1.165, 1.54) is 0 Å². The normalized spacial score (nSPS) is 23.6. The zero-order chi connectivity index (χ0) is 16.5. The fourth-order valence-electron chi connectivity index (χ4n) is 2.51. The third-order valence-electron chi connectivity index (χ3n) is 2.77. The van der Waals surface area contributed by atoms with Gasteiger partial charge in [-0.25, -0.2) is 0 Å². The van der Waals surface area contributed by atoms with Crippen LogP contribution in [-0.2, 0) is 17.1 Å². The van der Waals surface area contributed by atoms with Gasteiger partial charge in [0.1, 0.15) is 0 Å². The summed E-state index contributed by atoms with van der Waals surface area (Å²) in [5, 5.41) is 1.86. The Morgan fingerprint density at radius 2 is 1.48 bits per heavy atom. The molecular weight excluding hydrogens is 339 g/mol. The van der Waals surface area contributed by atoms with Crippen LogP contribution in [0, 0.1) is 0 Å². The van der Waals surface area contributed by atoms with E-state index in [0.717, 1.165) is 0 Å². The zero-order valence-electron chi connectivity index (χ0n) is 12.9. The fraction of sp³-hybridized carbons (Fsp3) is 0.900. The molecule has 1 heterocycles. The molecule has 0 bridgehead atoms. The van der Waals surface area contributed by atoms with E-state index in [0.29, 0.717) is 12.5 Å². The van der Waals surface area contributed by atoms with E-state index in [-0.39, 0.29) is 6.54 Å². The van der Waals surface area contributed by atoms with Gasteiger partial charge >= 0.3 is 37.8 Å². The Balaban J connectivity index is 2.49. The first-order valence-corrected chi connectivity index (χ1v) is 14.9. The Morgan fingerprint density at radius 3 is 1.90 bits per heavy atom. The molecule has 0 aromatic heterocycles. The summed E-state index contributed by atoms with van der Waals surface area (Å²) < 4.78 is 54.1. The second-order valence-electron chi connectivity index (χ2n) is 6.10. The molecule has 1 saturated heterocycles. The van der Waals surface area contributed by atoms with Crippen LogP contribution >= 0.6 is 0 Å². The van der Waals surface area contributed by atoms with Gasteiger partial charge in [-0.3, -0.25) is 4.79 Å². The number of rotatable bonds is 4. The molecule has 0 unspecified atom stereocenters. The summed E-state index contributed by atoms with van der Waals surface area (Å²) in [5.41, 5.74) is 0. The van der Waals surface area contributed by atoms with Gasteiger partial charge in [-0.05, 0) is 45.2 Å². The average Bonchev–Trinajstić information content (AvgIpc) is 2.17. The molecule has 0 saturated carbocycles. The third kappa shape index (κ3) is 6.20.